The molecule has 0 aliphatic heterocycles. The molecule has 1 N–H and O–H groups in total. The molecule has 0 spiro atoms. The van der Waals surface area contributed by atoms with Crippen LogP contribution in [0, 0.1) is 11.3 Å². The molecule has 1 saturated carbocycles. The van der Waals surface area contributed by atoms with E-state index < -0.39 is 0 Å². The lowest BCUT2D eigenvalue weighted by Gasteiger charge is -2.36. The third kappa shape index (κ3) is 3.84. The number of nitrogens with one attached hydrogen (secondary N) is 1. The SMILES string of the molecule is CCCNC(C1=CCCCCC1)C1CCCC1(C)C. The Balaban J connectivity index is 2.12. The van der Waals surface area contributed by atoms with Gasteiger partial charge in [-0.25, -0.2) is 0 Å². The first kappa shape index (κ1) is 15.1. The van der Waals surface area contributed by atoms with E-state index in [4.69, 9.17) is 0 Å². The summed E-state index contributed by atoms with van der Waals surface area (Å²) in [6.07, 6.45) is 15.0. The molecule has 0 heterocycles. The van der Waals surface area contributed by atoms with Gasteiger partial charge in [-0.15, -0.1) is 0 Å². The molecule has 1 fully saturated rings. The molecule has 2 aliphatic rings. The van der Waals surface area contributed by atoms with Gasteiger partial charge in [0.25, 0.3) is 0 Å². The Morgan fingerprint density at radius 1 is 1.26 bits per heavy atom. The highest BCUT2D eigenvalue weighted by Gasteiger charge is 2.40. The van der Waals surface area contributed by atoms with Crippen molar-refractivity contribution in [3.63, 3.8) is 0 Å². The van der Waals surface area contributed by atoms with Crippen molar-refractivity contribution in [2.75, 3.05) is 6.54 Å². The molecular weight excluding hydrogens is 230 g/mol. The van der Waals surface area contributed by atoms with Crippen molar-refractivity contribution in [3.8, 4) is 0 Å². The van der Waals surface area contributed by atoms with Crippen LogP contribution in [0.5, 0.6) is 0 Å². The summed E-state index contributed by atoms with van der Waals surface area (Å²) in [6, 6.07) is 0.663. The maximum absolute atomic E-state index is 3.90. The minimum absolute atomic E-state index is 0.526. The van der Waals surface area contributed by atoms with Crippen LogP contribution in [0.1, 0.15) is 78.6 Å². The monoisotopic (exact) mass is 263 g/mol. The molecule has 0 radical (unpaired) electrons. The first-order valence-electron chi connectivity index (χ1n) is 8.57. The highest BCUT2D eigenvalue weighted by atomic mass is 14.9. The predicted octanol–water partition coefficient (Wildman–Crippen LogP) is 5.07. The Morgan fingerprint density at radius 3 is 2.79 bits per heavy atom. The average Bonchev–Trinajstić information content (AvgIpc) is 2.60. The van der Waals surface area contributed by atoms with E-state index in [0.717, 1.165) is 5.92 Å². The fourth-order valence-electron chi connectivity index (χ4n) is 4.13. The molecule has 2 rings (SSSR count). The van der Waals surface area contributed by atoms with Crippen molar-refractivity contribution in [1.82, 2.24) is 5.32 Å². The lowest BCUT2D eigenvalue weighted by Crippen LogP contribution is -2.42. The molecule has 1 heteroatoms. The minimum Gasteiger partial charge on any atom is -0.310 e. The second-order valence-corrected chi connectivity index (χ2v) is 7.30. The first-order chi connectivity index (χ1) is 9.15. The van der Waals surface area contributed by atoms with Crippen LogP contribution in [0.3, 0.4) is 0 Å². The second kappa shape index (κ2) is 6.92. The van der Waals surface area contributed by atoms with Gasteiger partial charge in [0.1, 0.15) is 0 Å². The van der Waals surface area contributed by atoms with Crippen LogP contribution in [0.2, 0.25) is 0 Å². The van der Waals surface area contributed by atoms with Crippen LogP contribution in [-0.2, 0) is 0 Å². The van der Waals surface area contributed by atoms with E-state index in [2.05, 4.69) is 32.2 Å². The summed E-state index contributed by atoms with van der Waals surface area (Å²) in [5, 5.41) is 3.90. The highest BCUT2D eigenvalue weighted by molar-refractivity contribution is 5.16. The zero-order valence-electron chi connectivity index (χ0n) is 13.3. The standard InChI is InChI=1S/C18H33N/c1-4-14-19-17(15-10-7-5-6-8-11-15)16-12-9-13-18(16,2)3/h10,16-17,19H,4-9,11-14H2,1-3H3. The number of hydrogen-bond donors (Lipinski definition) is 1. The van der Waals surface area contributed by atoms with Gasteiger partial charge in [0, 0.05) is 6.04 Å². The zero-order chi connectivity index (χ0) is 13.7. The Labute approximate surface area is 120 Å². The number of allylic oxidation sites excluding steroid dienone is 1. The van der Waals surface area contributed by atoms with E-state index in [1.807, 2.05) is 0 Å². The fraction of sp³-hybridized carbons (Fsp3) is 0.889. The lowest BCUT2D eigenvalue weighted by atomic mass is 9.74. The van der Waals surface area contributed by atoms with Crippen LogP contribution < -0.4 is 5.32 Å². The molecule has 0 saturated heterocycles. The smallest absolute Gasteiger partial charge is 0.0312 e. The van der Waals surface area contributed by atoms with Gasteiger partial charge in [-0.2, -0.15) is 0 Å². The van der Waals surface area contributed by atoms with Crippen LogP contribution in [0.15, 0.2) is 11.6 Å². The Morgan fingerprint density at radius 2 is 2.11 bits per heavy atom. The quantitative estimate of drug-likeness (QED) is 0.683. The van der Waals surface area contributed by atoms with Gasteiger partial charge in [0.15, 0.2) is 0 Å². The van der Waals surface area contributed by atoms with Crippen molar-refractivity contribution < 1.29 is 0 Å². The van der Waals surface area contributed by atoms with E-state index in [9.17, 15) is 0 Å². The highest BCUT2D eigenvalue weighted by Crippen LogP contribution is 2.46. The van der Waals surface area contributed by atoms with Crippen molar-refractivity contribution >= 4 is 0 Å². The maximum atomic E-state index is 3.90. The van der Waals surface area contributed by atoms with Gasteiger partial charge in [-0.3, -0.25) is 0 Å². The maximum Gasteiger partial charge on any atom is 0.0312 e. The Hall–Kier alpha value is -0.300. The Kier molecular flexibility index (Phi) is 5.50. The number of hydrogen-bond acceptors (Lipinski definition) is 1. The molecule has 2 atom stereocenters. The summed E-state index contributed by atoms with van der Waals surface area (Å²) in [6.45, 7) is 8.44. The second-order valence-electron chi connectivity index (χ2n) is 7.30. The van der Waals surface area contributed by atoms with Crippen molar-refractivity contribution in [2.45, 2.75) is 84.6 Å². The molecule has 2 aliphatic carbocycles. The summed E-state index contributed by atoms with van der Waals surface area (Å²) in [4.78, 5) is 0. The number of rotatable bonds is 5. The van der Waals surface area contributed by atoms with Crippen molar-refractivity contribution in [3.05, 3.63) is 11.6 Å². The van der Waals surface area contributed by atoms with Crippen LogP contribution in [0.25, 0.3) is 0 Å². The summed E-state index contributed by atoms with van der Waals surface area (Å²) in [5.74, 6) is 0.850. The molecule has 2 unspecified atom stereocenters. The van der Waals surface area contributed by atoms with E-state index >= 15 is 0 Å². The fourth-order valence-corrected chi connectivity index (χ4v) is 4.13. The summed E-state index contributed by atoms with van der Waals surface area (Å²) >= 11 is 0. The molecule has 110 valence electrons. The molecule has 0 aromatic carbocycles. The summed E-state index contributed by atoms with van der Waals surface area (Å²) < 4.78 is 0. The van der Waals surface area contributed by atoms with Gasteiger partial charge in [0.05, 0.1) is 0 Å². The summed E-state index contributed by atoms with van der Waals surface area (Å²) in [7, 11) is 0. The molecule has 1 nitrogen and oxygen atoms in total. The zero-order valence-corrected chi connectivity index (χ0v) is 13.3. The van der Waals surface area contributed by atoms with Crippen LogP contribution in [-0.4, -0.2) is 12.6 Å². The van der Waals surface area contributed by atoms with Gasteiger partial charge in [-0.05, 0) is 62.8 Å². The van der Waals surface area contributed by atoms with Gasteiger partial charge in [-0.1, -0.05) is 45.3 Å². The van der Waals surface area contributed by atoms with Crippen LogP contribution >= 0.6 is 0 Å². The van der Waals surface area contributed by atoms with Gasteiger partial charge < -0.3 is 5.32 Å². The molecule has 0 bridgehead atoms. The molecular formula is C18H33N. The molecule has 0 amide bonds. The third-order valence-corrected chi connectivity index (χ3v) is 5.33. The van der Waals surface area contributed by atoms with Gasteiger partial charge in [0.2, 0.25) is 0 Å². The van der Waals surface area contributed by atoms with E-state index in [0.29, 0.717) is 11.5 Å². The Bertz CT molecular complexity index is 303. The van der Waals surface area contributed by atoms with E-state index in [-0.39, 0.29) is 0 Å². The normalized spacial score (nSPS) is 28.8. The molecule has 0 aromatic heterocycles. The van der Waals surface area contributed by atoms with E-state index in [1.54, 1.807) is 5.57 Å². The first-order valence-corrected chi connectivity index (χ1v) is 8.57. The minimum atomic E-state index is 0.526. The van der Waals surface area contributed by atoms with Gasteiger partial charge >= 0.3 is 0 Å². The largest absolute Gasteiger partial charge is 0.310 e. The predicted molar refractivity (Wildman–Crippen MR) is 84.4 cm³/mol. The van der Waals surface area contributed by atoms with Crippen molar-refractivity contribution in [1.29, 1.82) is 0 Å². The van der Waals surface area contributed by atoms with E-state index in [1.165, 1.54) is 64.3 Å². The van der Waals surface area contributed by atoms with Crippen molar-refractivity contribution in [2.24, 2.45) is 11.3 Å². The topological polar surface area (TPSA) is 12.0 Å². The third-order valence-electron chi connectivity index (χ3n) is 5.33. The molecule has 0 aromatic rings. The molecule has 19 heavy (non-hydrogen) atoms. The van der Waals surface area contributed by atoms with Crippen LogP contribution in [0.4, 0.5) is 0 Å². The summed E-state index contributed by atoms with van der Waals surface area (Å²) in [5.41, 5.74) is 2.27. The average molecular weight is 263 g/mol. The lowest BCUT2D eigenvalue weighted by molar-refractivity contribution is 0.212.